The zero-order valence-electron chi connectivity index (χ0n) is 16.3. The van der Waals surface area contributed by atoms with Crippen molar-refractivity contribution in [2.45, 2.75) is 25.0 Å². The number of halogens is 1. The van der Waals surface area contributed by atoms with Gasteiger partial charge in [0.2, 0.25) is 0 Å². The molecular formula is C22H22FN3O2S. The van der Waals surface area contributed by atoms with Gasteiger partial charge in [-0.25, -0.2) is 4.39 Å². The van der Waals surface area contributed by atoms with E-state index in [9.17, 15) is 9.90 Å². The first-order valence-electron chi connectivity index (χ1n) is 9.29. The van der Waals surface area contributed by atoms with Gasteiger partial charge in [0, 0.05) is 39.4 Å². The number of aromatic amines is 1. The van der Waals surface area contributed by atoms with Gasteiger partial charge in [-0.05, 0) is 37.6 Å². The molecule has 3 aromatic rings. The number of thioether (sulfide) groups is 1. The molecule has 1 aliphatic heterocycles. The fraction of sp³-hybridized carbons (Fsp3) is 0.227. The van der Waals surface area contributed by atoms with Crippen LogP contribution in [0.3, 0.4) is 0 Å². The largest absolute Gasteiger partial charge is 0.370 e. The van der Waals surface area contributed by atoms with E-state index >= 15 is 4.39 Å². The molecule has 0 aliphatic carbocycles. The van der Waals surface area contributed by atoms with Crippen LogP contribution >= 0.6 is 11.8 Å². The average molecular weight is 412 g/mol. The minimum absolute atomic E-state index is 0.138. The third-order valence-corrected chi connectivity index (χ3v) is 6.58. The Labute approximate surface area is 172 Å². The molecule has 7 heteroatoms. The highest BCUT2D eigenvalue weighted by molar-refractivity contribution is 7.99. The normalized spacial score (nSPS) is 14.7. The van der Waals surface area contributed by atoms with Crippen molar-refractivity contribution in [3.8, 4) is 11.1 Å². The topological polar surface area (TPSA) is 82.3 Å². The summed E-state index contributed by atoms with van der Waals surface area (Å²) in [7, 11) is 0. The molecule has 1 aromatic heterocycles. The first-order valence-corrected chi connectivity index (χ1v) is 10.3. The highest BCUT2D eigenvalue weighted by Crippen LogP contribution is 2.46. The Balaban J connectivity index is 2.05. The second kappa shape index (κ2) is 7.24. The van der Waals surface area contributed by atoms with Crippen LogP contribution in [-0.2, 0) is 0 Å². The van der Waals surface area contributed by atoms with Crippen molar-refractivity contribution >= 4 is 34.3 Å². The summed E-state index contributed by atoms with van der Waals surface area (Å²) in [6.07, 6.45) is 0.662. The van der Waals surface area contributed by atoms with Crippen LogP contribution in [0.25, 0.3) is 22.0 Å². The minimum atomic E-state index is -0.816. The van der Waals surface area contributed by atoms with Crippen LogP contribution in [0.15, 0.2) is 41.8 Å². The Morgan fingerprint density at radius 3 is 2.90 bits per heavy atom. The minimum Gasteiger partial charge on any atom is -0.370 e. The molecule has 0 radical (unpaired) electrons. The van der Waals surface area contributed by atoms with Gasteiger partial charge in [-0.3, -0.25) is 4.79 Å². The van der Waals surface area contributed by atoms with Gasteiger partial charge in [-0.15, -0.1) is 11.8 Å². The summed E-state index contributed by atoms with van der Waals surface area (Å²) in [5.74, 6) is -0.417. The van der Waals surface area contributed by atoms with E-state index in [0.717, 1.165) is 33.2 Å². The maximum atomic E-state index is 15.4. The number of amides is 1. The Kier molecular flexibility index (Phi) is 4.88. The van der Waals surface area contributed by atoms with Gasteiger partial charge in [-0.1, -0.05) is 18.7 Å². The van der Waals surface area contributed by atoms with E-state index < -0.39 is 18.0 Å². The molecule has 0 saturated carbocycles. The molecule has 1 atom stereocenters. The van der Waals surface area contributed by atoms with E-state index in [-0.39, 0.29) is 5.56 Å². The van der Waals surface area contributed by atoms with Gasteiger partial charge >= 0.3 is 0 Å². The molecule has 2 heterocycles. The summed E-state index contributed by atoms with van der Waals surface area (Å²) in [4.78, 5) is 17.8. The third-order valence-electron chi connectivity index (χ3n) is 5.48. The average Bonchev–Trinajstić information content (AvgIpc) is 3.00. The Bertz CT molecular complexity index is 1150. The van der Waals surface area contributed by atoms with E-state index in [1.807, 2.05) is 36.9 Å². The number of aromatic nitrogens is 1. The number of hydrogen-bond donors (Lipinski definition) is 3. The molecule has 29 heavy (non-hydrogen) atoms. The lowest BCUT2D eigenvalue weighted by molar-refractivity contribution is 0.100. The molecule has 1 unspecified atom stereocenters. The van der Waals surface area contributed by atoms with Gasteiger partial charge in [0.1, 0.15) is 12.0 Å². The van der Waals surface area contributed by atoms with Crippen LogP contribution in [0, 0.1) is 19.7 Å². The summed E-state index contributed by atoms with van der Waals surface area (Å²) in [5.41, 5.74) is 9.92. The number of aliphatic hydroxyl groups excluding tert-OH is 1. The van der Waals surface area contributed by atoms with Gasteiger partial charge in [0.25, 0.3) is 5.91 Å². The number of carbonyl (C=O) groups is 1. The highest BCUT2D eigenvalue weighted by Gasteiger charge is 2.27. The zero-order chi connectivity index (χ0) is 20.9. The second-order valence-corrected chi connectivity index (χ2v) is 8.22. The lowest BCUT2D eigenvalue weighted by Gasteiger charge is -2.34. The molecule has 5 nitrogen and oxygen atoms in total. The van der Waals surface area contributed by atoms with Crippen LogP contribution in [0.1, 0.15) is 21.6 Å². The number of primary amides is 1. The van der Waals surface area contributed by atoms with E-state index in [4.69, 9.17) is 5.73 Å². The number of H-pyrrole nitrogens is 1. The van der Waals surface area contributed by atoms with E-state index in [1.54, 1.807) is 11.8 Å². The highest BCUT2D eigenvalue weighted by atomic mass is 32.2. The number of fused-ring (bicyclic) bond motifs is 2. The van der Waals surface area contributed by atoms with Crippen molar-refractivity contribution in [3.63, 3.8) is 0 Å². The van der Waals surface area contributed by atoms with Crippen molar-refractivity contribution in [2.75, 3.05) is 17.2 Å². The first kappa shape index (κ1) is 19.5. The fourth-order valence-electron chi connectivity index (χ4n) is 3.95. The number of hydrogen-bond acceptors (Lipinski definition) is 4. The molecular weight excluding hydrogens is 389 g/mol. The SMILES string of the molecule is C=CC(O)N1CCSc2c(-c3c(F)cc(C(N)=O)c4[nH]c(C)c(C)c34)cccc21. The number of aliphatic hydroxyl groups is 1. The quantitative estimate of drug-likeness (QED) is 0.565. The number of carbonyl (C=O) groups excluding carboxylic acids is 1. The van der Waals surface area contributed by atoms with Crippen LogP contribution in [-0.4, -0.2) is 34.5 Å². The summed E-state index contributed by atoms with van der Waals surface area (Å²) in [5, 5.41) is 11.0. The second-order valence-electron chi connectivity index (χ2n) is 7.12. The molecule has 1 aliphatic rings. The number of nitrogens with two attached hydrogens (primary N) is 1. The maximum absolute atomic E-state index is 15.4. The van der Waals surface area contributed by atoms with Crippen molar-refractivity contribution in [2.24, 2.45) is 5.73 Å². The van der Waals surface area contributed by atoms with Gasteiger partial charge in [0.15, 0.2) is 0 Å². The molecule has 0 saturated heterocycles. The Morgan fingerprint density at radius 1 is 1.45 bits per heavy atom. The number of nitrogens with zero attached hydrogens (tertiary/aromatic N) is 1. The number of benzene rings is 2. The third kappa shape index (κ3) is 3.01. The standard InChI is InChI=1S/C22H22FN3O2S/c1-4-17(27)26-8-9-29-21-13(6-5-7-16(21)26)19-15(23)10-14(22(24)28)20-18(19)11(2)12(3)25-20/h4-7,10,17,25,27H,1,8-9H2,2-3H3,(H2,24,28). The fourth-order valence-corrected chi connectivity index (χ4v) is 5.10. The van der Waals surface area contributed by atoms with Crippen LogP contribution in [0.5, 0.6) is 0 Å². The summed E-state index contributed by atoms with van der Waals surface area (Å²) in [6, 6.07) is 6.85. The number of rotatable bonds is 4. The molecule has 2 aromatic carbocycles. The van der Waals surface area contributed by atoms with E-state index in [1.165, 1.54) is 12.1 Å². The van der Waals surface area contributed by atoms with Crippen LogP contribution in [0.4, 0.5) is 10.1 Å². The van der Waals surface area contributed by atoms with Crippen molar-refractivity contribution in [1.82, 2.24) is 4.98 Å². The van der Waals surface area contributed by atoms with Crippen LogP contribution < -0.4 is 10.6 Å². The summed E-state index contributed by atoms with van der Waals surface area (Å²) >= 11 is 1.63. The predicted octanol–water partition coefficient (Wildman–Crippen LogP) is 4.11. The molecule has 0 fully saturated rings. The lowest BCUT2D eigenvalue weighted by Crippen LogP contribution is -2.37. The molecule has 1 amide bonds. The first-order chi connectivity index (χ1) is 13.8. The van der Waals surface area contributed by atoms with Crippen LogP contribution in [0.2, 0.25) is 0 Å². The smallest absolute Gasteiger partial charge is 0.250 e. The lowest BCUT2D eigenvalue weighted by atomic mass is 9.95. The summed E-state index contributed by atoms with van der Waals surface area (Å²) < 4.78 is 15.4. The van der Waals surface area contributed by atoms with Gasteiger partial charge in [0.05, 0.1) is 16.8 Å². The van der Waals surface area contributed by atoms with Crippen molar-refractivity contribution in [3.05, 3.63) is 59.6 Å². The van der Waals surface area contributed by atoms with E-state index in [0.29, 0.717) is 23.0 Å². The van der Waals surface area contributed by atoms with Crippen molar-refractivity contribution < 1.29 is 14.3 Å². The summed E-state index contributed by atoms with van der Waals surface area (Å²) in [6.45, 7) is 8.13. The maximum Gasteiger partial charge on any atom is 0.250 e. The van der Waals surface area contributed by atoms with E-state index in [2.05, 4.69) is 11.6 Å². The predicted molar refractivity (Wildman–Crippen MR) is 116 cm³/mol. The zero-order valence-corrected chi connectivity index (χ0v) is 17.1. The molecule has 4 N–H and O–H groups in total. The molecule has 150 valence electrons. The molecule has 4 rings (SSSR count). The van der Waals surface area contributed by atoms with Gasteiger partial charge in [-0.2, -0.15) is 0 Å². The number of aryl methyl sites for hydroxylation is 2. The monoisotopic (exact) mass is 411 g/mol. The Hall–Kier alpha value is -2.77. The molecule has 0 bridgehead atoms. The number of anilines is 1. The number of nitrogens with one attached hydrogen (secondary N) is 1. The molecule has 0 spiro atoms. The Morgan fingerprint density at radius 2 is 2.21 bits per heavy atom. The van der Waals surface area contributed by atoms with Crippen molar-refractivity contribution in [1.29, 1.82) is 0 Å². The van der Waals surface area contributed by atoms with Gasteiger partial charge < -0.3 is 20.7 Å².